The molecule has 0 saturated heterocycles. The predicted molar refractivity (Wildman–Crippen MR) is 88.5 cm³/mol. The van der Waals surface area contributed by atoms with Crippen molar-refractivity contribution in [2.45, 2.75) is 13.0 Å². The van der Waals surface area contributed by atoms with E-state index in [2.05, 4.69) is 6.07 Å². The van der Waals surface area contributed by atoms with Gasteiger partial charge in [-0.2, -0.15) is 0 Å². The monoisotopic (exact) mass is 325 g/mol. The molecule has 0 aliphatic carbocycles. The maximum absolute atomic E-state index is 12.2. The van der Waals surface area contributed by atoms with E-state index >= 15 is 0 Å². The van der Waals surface area contributed by atoms with Gasteiger partial charge in [0.15, 0.2) is 13.2 Å². The molecule has 1 aliphatic heterocycles. The molecule has 24 heavy (non-hydrogen) atoms. The number of ether oxygens (including phenoxy) is 2. The zero-order chi connectivity index (χ0) is 16.8. The highest BCUT2D eigenvalue weighted by Gasteiger charge is 2.21. The second-order valence-electron chi connectivity index (χ2n) is 5.60. The van der Waals surface area contributed by atoms with Gasteiger partial charge in [0.05, 0.1) is 0 Å². The highest BCUT2D eigenvalue weighted by molar-refractivity contribution is 5.81. The number of hydrogen-bond acceptors (Lipinski definition) is 4. The zero-order valence-corrected chi connectivity index (χ0v) is 13.3. The van der Waals surface area contributed by atoms with Gasteiger partial charge in [0.1, 0.15) is 5.75 Å². The lowest BCUT2D eigenvalue weighted by Gasteiger charge is -2.28. The SMILES string of the molecule is O=C(COc1ccccc1)OCC(=O)N1CCc2ccccc2C1. The Hall–Kier alpha value is -2.82. The molecule has 5 nitrogen and oxygen atoms in total. The average Bonchev–Trinajstić information content (AvgIpc) is 2.65. The van der Waals surface area contributed by atoms with E-state index in [0.29, 0.717) is 18.8 Å². The lowest BCUT2D eigenvalue weighted by molar-refractivity contribution is -0.154. The minimum absolute atomic E-state index is 0.183. The van der Waals surface area contributed by atoms with Crippen LogP contribution in [0.25, 0.3) is 0 Å². The fourth-order valence-electron chi connectivity index (χ4n) is 2.64. The number of para-hydroxylation sites is 1. The smallest absolute Gasteiger partial charge is 0.344 e. The highest BCUT2D eigenvalue weighted by Crippen LogP contribution is 2.18. The molecule has 2 aromatic rings. The van der Waals surface area contributed by atoms with Crippen LogP contribution in [-0.2, 0) is 27.3 Å². The first kappa shape index (κ1) is 16.1. The Labute approximate surface area is 140 Å². The molecule has 1 aliphatic rings. The molecule has 0 spiro atoms. The highest BCUT2D eigenvalue weighted by atomic mass is 16.6. The summed E-state index contributed by atoms with van der Waals surface area (Å²) in [6.45, 7) is 0.750. The van der Waals surface area contributed by atoms with E-state index < -0.39 is 5.97 Å². The lowest BCUT2D eigenvalue weighted by Crippen LogP contribution is -2.38. The van der Waals surface area contributed by atoms with Crippen molar-refractivity contribution in [3.63, 3.8) is 0 Å². The van der Waals surface area contributed by atoms with Gasteiger partial charge in [-0.05, 0) is 29.7 Å². The van der Waals surface area contributed by atoms with Gasteiger partial charge in [-0.15, -0.1) is 0 Å². The molecule has 0 unspecified atom stereocenters. The fraction of sp³-hybridized carbons (Fsp3) is 0.263. The second-order valence-corrected chi connectivity index (χ2v) is 5.60. The summed E-state index contributed by atoms with van der Waals surface area (Å²) >= 11 is 0. The minimum Gasteiger partial charge on any atom is -0.482 e. The molecule has 0 N–H and O–H groups in total. The number of amides is 1. The molecule has 0 fully saturated rings. The Morgan fingerprint density at radius 3 is 2.42 bits per heavy atom. The van der Waals surface area contributed by atoms with Crippen LogP contribution in [0.5, 0.6) is 5.75 Å². The molecule has 0 atom stereocenters. The van der Waals surface area contributed by atoms with Crippen molar-refractivity contribution in [2.24, 2.45) is 0 Å². The van der Waals surface area contributed by atoms with Gasteiger partial charge in [0, 0.05) is 13.1 Å². The summed E-state index contributed by atoms with van der Waals surface area (Å²) in [5, 5.41) is 0. The van der Waals surface area contributed by atoms with Crippen molar-refractivity contribution < 1.29 is 19.1 Å². The molecule has 0 aromatic heterocycles. The molecule has 2 aromatic carbocycles. The fourth-order valence-corrected chi connectivity index (χ4v) is 2.64. The molecule has 1 amide bonds. The molecular formula is C19H19NO4. The summed E-state index contributed by atoms with van der Waals surface area (Å²) in [7, 11) is 0. The number of fused-ring (bicyclic) bond motifs is 1. The Balaban J connectivity index is 1.43. The van der Waals surface area contributed by atoms with Crippen LogP contribution in [-0.4, -0.2) is 36.5 Å². The molecule has 0 bridgehead atoms. The van der Waals surface area contributed by atoms with Crippen LogP contribution in [0.1, 0.15) is 11.1 Å². The lowest BCUT2D eigenvalue weighted by atomic mass is 10.00. The van der Waals surface area contributed by atoms with Crippen molar-refractivity contribution in [3.05, 3.63) is 65.7 Å². The van der Waals surface area contributed by atoms with E-state index in [1.165, 1.54) is 5.56 Å². The van der Waals surface area contributed by atoms with E-state index in [4.69, 9.17) is 9.47 Å². The van der Waals surface area contributed by atoms with Crippen molar-refractivity contribution in [1.29, 1.82) is 0 Å². The van der Waals surface area contributed by atoms with Crippen molar-refractivity contribution in [3.8, 4) is 5.75 Å². The Kier molecular flexibility index (Phi) is 5.11. The number of carbonyl (C=O) groups excluding carboxylic acids is 2. The minimum atomic E-state index is -0.551. The van der Waals surface area contributed by atoms with Gasteiger partial charge in [-0.3, -0.25) is 4.79 Å². The van der Waals surface area contributed by atoms with E-state index in [9.17, 15) is 9.59 Å². The van der Waals surface area contributed by atoms with E-state index in [1.807, 2.05) is 36.4 Å². The van der Waals surface area contributed by atoms with E-state index in [1.54, 1.807) is 17.0 Å². The van der Waals surface area contributed by atoms with E-state index in [-0.39, 0.29) is 19.1 Å². The van der Waals surface area contributed by atoms with Crippen LogP contribution in [0.3, 0.4) is 0 Å². The van der Waals surface area contributed by atoms with Crippen molar-refractivity contribution >= 4 is 11.9 Å². The standard InChI is InChI=1S/C19H19NO4/c21-18(20-11-10-15-6-4-5-7-16(15)12-20)13-24-19(22)14-23-17-8-2-1-3-9-17/h1-9H,10-14H2. The normalized spacial score (nSPS) is 13.1. The van der Waals surface area contributed by atoms with Gasteiger partial charge in [-0.1, -0.05) is 42.5 Å². The van der Waals surface area contributed by atoms with E-state index in [0.717, 1.165) is 12.0 Å². The maximum Gasteiger partial charge on any atom is 0.344 e. The van der Waals surface area contributed by atoms with Crippen LogP contribution >= 0.6 is 0 Å². The van der Waals surface area contributed by atoms with Gasteiger partial charge in [0.2, 0.25) is 0 Å². The first-order valence-corrected chi connectivity index (χ1v) is 7.90. The zero-order valence-electron chi connectivity index (χ0n) is 13.3. The number of rotatable bonds is 5. The maximum atomic E-state index is 12.2. The molecular weight excluding hydrogens is 306 g/mol. The molecule has 3 rings (SSSR count). The largest absolute Gasteiger partial charge is 0.482 e. The molecule has 124 valence electrons. The number of nitrogens with zero attached hydrogens (tertiary/aromatic N) is 1. The molecule has 0 saturated carbocycles. The van der Waals surface area contributed by atoms with Crippen molar-refractivity contribution in [1.82, 2.24) is 4.90 Å². The van der Waals surface area contributed by atoms with Gasteiger partial charge >= 0.3 is 5.97 Å². The summed E-state index contributed by atoms with van der Waals surface area (Å²) in [5.74, 6) is -0.143. The second kappa shape index (κ2) is 7.64. The Bertz CT molecular complexity index is 714. The molecule has 0 radical (unpaired) electrons. The van der Waals surface area contributed by atoms with Gasteiger partial charge in [-0.25, -0.2) is 4.79 Å². The van der Waals surface area contributed by atoms with Crippen LogP contribution in [0.4, 0.5) is 0 Å². The first-order valence-electron chi connectivity index (χ1n) is 7.90. The van der Waals surface area contributed by atoms with Crippen molar-refractivity contribution in [2.75, 3.05) is 19.8 Å². The van der Waals surface area contributed by atoms with Gasteiger partial charge in [0.25, 0.3) is 5.91 Å². The Morgan fingerprint density at radius 1 is 0.917 bits per heavy atom. The topological polar surface area (TPSA) is 55.8 Å². The molecule has 1 heterocycles. The summed E-state index contributed by atoms with van der Waals surface area (Å²) in [5.41, 5.74) is 2.42. The van der Waals surface area contributed by atoms with Crippen LogP contribution < -0.4 is 4.74 Å². The summed E-state index contributed by atoms with van der Waals surface area (Å²) in [6, 6.07) is 17.1. The summed E-state index contributed by atoms with van der Waals surface area (Å²) in [6.07, 6.45) is 0.826. The van der Waals surface area contributed by atoms with Crippen LogP contribution in [0.2, 0.25) is 0 Å². The molecule has 5 heteroatoms. The number of esters is 1. The Morgan fingerprint density at radius 2 is 1.62 bits per heavy atom. The van der Waals surface area contributed by atoms with Crippen LogP contribution in [0, 0.1) is 0 Å². The summed E-state index contributed by atoms with van der Waals surface area (Å²) < 4.78 is 10.3. The third-order valence-corrected chi connectivity index (χ3v) is 3.94. The average molecular weight is 325 g/mol. The first-order chi connectivity index (χ1) is 11.7. The van der Waals surface area contributed by atoms with Gasteiger partial charge < -0.3 is 14.4 Å². The quantitative estimate of drug-likeness (QED) is 0.791. The number of benzene rings is 2. The summed E-state index contributed by atoms with van der Waals surface area (Å²) in [4.78, 5) is 25.6. The predicted octanol–water partition coefficient (Wildman–Crippen LogP) is 2.19. The number of carbonyl (C=O) groups is 2. The van der Waals surface area contributed by atoms with Crippen LogP contribution in [0.15, 0.2) is 54.6 Å². The third kappa shape index (κ3) is 4.13. The number of hydrogen-bond donors (Lipinski definition) is 0. The third-order valence-electron chi connectivity index (χ3n) is 3.94.